The lowest BCUT2D eigenvalue weighted by Gasteiger charge is -2.40. The van der Waals surface area contributed by atoms with E-state index in [1.807, 2.05) is 0 Å². The molecular weight excluding hydrogens is 532 g/mol. The standard InChI is InChI=1S/C34H48N2O6/c1-31(2)22-13-14-33(31,4)25(17-22)42-30(41)28-34(5)18-32(34,3)19-36(28)29(40)27(21-9-7-6-8-10-21)35-26(39)16-20-11-12-23(37)24(38)15-20/h11-12,15,21-22,25,27-28,37-38H,6-10,13-14,16-19H2,1-5H3,(H,35,39). The molecule has 8 heteroatoms. The van der Waals surface area contributed by atoms with Crippen molar-refractivity contribution in [3.63, 3.8) is 0 Å². The molecule has 0 spiro atoms. The Balaban J connectivity index is 1.23. The first-order chi connectivity index (χ1) is 19.7. The van der Waals surface area contributed by atoms with Gasteiger partial charge in [-0.1, -0.05) is 59.9 Å². The maximum atomic E-state index is 14.5. The van der Waals surface area contributed by atoms with Crippen molar-refractivity contribution in [3.05, 3.63) is 23.8 Å². The Morgan fingerprint density at radius 3 is 2.33 bits per heavy atom. The van der Waals surface area contributed by atoms with E-state index >= 15 is 0 Å². The lowest BCUT2D eigenvalue weighted by Crippen LogP contribution is -2.57. The second kappa shape index (κ2) is 9.88. The number of amides is 2. The SMILES string of the molecule is CC12CN(C(=O)C(NC(=O)Cc3ccc(O)c(O)c3)C3CCCCC3)C(C(=O)OC3CC4CCC3(C)C4(C)C)C1(C)C2. The van der Waals surface area contributed by atoms with Crippen LogP contribution in [-0.4, -0.2) is 57.6 Å². The number of carbonyl (C=O) groups is 3. The fraction of sp³-hybridized carbons (Fsp3) is 0.735. The van der Waals surface area contributed by atoms with Crippen molar-refractivity contribution in [2.75, 3.05) is 6.54 Å². The monoisotopic (exact) mass is 580 g/mol. The van der Waals surface area contributed by atoms with Gasteiger partial charge >= 0.3 is 5.97 Å². The molecule has 1 heterocycles. The number of benzene rings is 1. The first-order valence-corrected chi connectivity index (χ1v) is 16.0. The van der Waals surface area contributed by atoms with E-state index in [1.165, 1.54) is 18.6 Å². The minimum atomic E-state index is -0.720. The summed E-state index contributed by atoms with van der Waals surface area (Å²) in [5.74, 6) is -0.762. The van der Waals surface area contributed by atoms with E-state index in [4.69, 9.17) is 4.74 Å². The van der Waals surface area contributed by atoms with E-state index in [9.17, 15) is 24.6 Å². The summed E-state index contributed by atoms with van der Waals surface area (Å²) in [7, 11) is 0. The third-order valence-electron chi connectivity index (χ3n) is 13.0. The Labute approximate surface area is 249 Å². The summed E-state index contributed by atoms with van der Waals surface area (Å²) in [4.78, 5) is 43.6. The van der Waals surface area contributed by atoms with Crippen molar-refractivity contribution in [1.82, 2.24) is 10.2 Å². The second-order valence-corrected chi connectivity index (χ2v) is 15.5. The molecule has 230 valence electrons. The van der Waals surface area contributed by atoms with Gasteiger partial charge in [-0.05, 0) is 78.9 Å². The van der Waals surface area contributed by atoms with Crippen LogP contribution in [0, 0.1) is 33.5 Å². The lowest BCUT2D eigenvalue weighted by atomic mass is 9.70. The summed E-state index contributed by atoms with van der Waals surface area (Å²) in [6.45, 7) is 11.6. The molecule has 2 bridgehead atoms. The molecule has 1 saturated heterocycles. The fourth-order valence-electron chi connectivity index (χ4n) is 9.46. The summed E-state index contributed by atoms with van der Waals surface area (Å²) >= 11 is 0. The van der Waals surface area contributed by atoms with Crippen LogP contribution < -0.4 is 5.32 Å². The topological polar surface area (TPSA) is 116 Å². The molecule has 1 aromatic carbocycles. The highest BCUT2D eigenvalue weighted by Gasteiger charge is 2.75. The molecule has 4 aliphatic carbocycles. The van der Waals surface area contributed by atoms with Gasteiger partial charge in [-0.3, -0.25) is 9.59 Å². The van der Waals surface area contributed by atoms with Gasteiger partial charge in [-0.25, -0.2) is 4.79 Å². The van der Waals surface area contributed by atoms with Gasteiger partial charge in [-0.2, -0.15) is 0 Å². The van der Waals surface area contributed by atoms with Gasteiger partial charge in [0.1, 0.15) is 18.2 Å². The molecule has 6 rings (SSSR count). The predicted molar refractivity (Wildman–Crippen MR) is 157 cm³/mol. The fourth-order valence-corrected chi connectivity index (χ4v) is 9.46. The molecule has 7 unspecified atom stereocenters. The third kappa shape index (κ3) is 4.41. The molecule has 8 nitrogen and oxygen atoms in total. The van der Waals surface area contributed by atoms with Gasteiger partial charge in [-0.15, -0.1) is 0 Å². The quantitative estimate of drug-likeness (QED) is 0.306. The minimum absolute atomic E-state index is 0.00269. The minimum Gasteiger partial charge on any atom is -0.504 e. The van der Waals surface area contributed by atoms with E-state index < -0.39 is 12.1 Å². The second-order valence-electron chi connectivity index (χ2n) is 15.5. The van der Waals surface area contributed by atoms with Crippen molar-refractivity contribution in [1.29, 1.82) is 0 Å². The molecule has 42 heavy (non-hydrogen) atoms. The van der Waals surface area contributed by atoms with E-state index in [0.29, 0.717) is 18.0 Å². The highest BCUT2D eigenvalue weighted by Crippen LogP contribution is 2.71. The number of likely N-dealkylation sites (tertiary alicyclic amines) is 1. The van der Waals surface area contributed by atoms with Crippen LogP contribution in [0.2, 0.25) is 0 Å². The van der Waals surface area contributed by atoms with Gasteiger partial charge in [0.05, 0.1) is 6.42 Å². The van der Waals surface area contributed by atoms with Crippen LogP contribution >= 0.6 is 0 Å². The van der Waals surface area contributed by atoms with E-state index in [0.717, 1.165) is 51.4 Å². The normalized spacial score (nSPS) is 37.3. The molecule has 1 aliphatic heterocycles. The average molecular weight is 581 g/mol. The van der Waals surface area contributed by atoms with Crippen molar-refractivity contribution in [2.45, 2.75) is 117 Å². The molecule has 3 N–H and O–H groups in total. The van der Waals surface area contributed by atoms with Crippen molar-refractivity contribution in [3.8, 4) is 11.5 Å². The Hall–Kier alpha value is -2.77. The van der Waals surface area contributed by atoms with Crippen LogP contribution in [0.3, 0.4) is 0 Å². The average Bonchev–Trinajstić information content (AvgIpc) is 3.19. The number of fused-ring (bicyclic) bond motifs is 3. The summed E-state index contributed by atoms with van der Waals surface area (Å²) in [5.41, 5.74) is 0.124. The molecule has 0 radical (unpaired) electrons. The number of phenols is 2. The number of aromatic hydroxyl groups is 2. The van der Waals surface area contributed by atoms with Crippen molar-refractivity contribution >= 4 is 17.8 Å². The zero-order chi connectivity index (χ0) is 30.2. The zero-order valence-electron chi connectivity index (χ0n) is 25.9. The predicted octanol–water partition coefficient (Wildman–Crippen LogP) is 5.09. The summed E-state index contributed by atoms with van der Waals surface area (Å²) < 4.78 is 6.40. The van der Waals surface area contributed by atoms with E-state index in [-0.39, 0.29) is 69.4 Å². The van der Waals surface area contributed by atoms with Gasteiger partial charge in [0.15, 0.2) is 11.5 Å². The van der Waals surface area contributed by atoms with Gasteiger partial charge in [0.25, 0.3) is 0 Å². The van der Waals surface area contributed by atoms with Crippen LogP contribution in [-0.2, 0) is 25.5 Å². The Kier molecular flexibility index (Phi) is 6.90. The Morgan fingerprint density at radius 2 is 1.71 bits per heavy atom. The van der Waals surface area contributed by atoms with Crippen LogP contribution in [0.5, 0.6) is 11.5 Å². The maximum Gasteiger partial charge on any atom is 0.329 e. The molecule has 1 aromatic rings. The molecule has 0 aromatic heterocycles. The van der Waals surface area contributed by atoms with E-state index in [2.05, 4.69) is 39.9 Å². The van der Waals surface area contributed by atoms with Crippen LogP contribution in [0.15, 0.2) is 18.2 Å². The Bertz CT molecular complexity index is 1290. The number of rotatable bonds is 7. The lowest BCUT2D eigenvalue weighted by molar-refractivity contribution is -0.168. The highest BCUT2D eigenvalue weighted by atomic mass is 16.5. The number of phenolic OH excluding ortho intramolecular Hbond substituents is 2. The number of nitrogens with one attached hydrogen (secondary N) is 1. The number of nitrogens with zero attached hydrogens (tertiary/aromatic N) is 1. The number of hydrogen-bond donors (Lipinski definition) is 3. The third-order valence-corrected chi connectivity index (χ3v) is 13.0. The van der Waals surface area contributed by atoms with Gasteiger partial charge in [0, 0.05) is 17.4 Å². The summed E-state index contributed by atoms with van der Waals surface area (Å²) in [5, 5.41) is 22.6. The molecule has 4 saturated carbocycles. The van der Waals surface area contributed by atoms with Crippen molar-refractivity contribution < 1.29 is 29.3 Å². The number of carbonyl (C=O) groups excluding carboxylic acids is 3. The largest absolute Gasteiger partial charge is 0.504 e. The van der Waals surface area contributed by atoms with Crippen molar-refractivity contribution in [2.24, 2.45) is 33.5 Å². The molecular formula is C34H48N2O6. The summed E-state index contributed by atoms with van der Waals surface area (Å²) in [6.07, 6.45) is 8.67. The molecule has 2 amide bonds. The first kappa shape index (κ1) is 29.3. The first-order valence-electron chi connectivity index (χ1n) is 16.0. The number of esters is 1. The molecule has 5 fully saturated rings. The van der Waals surface area contributed by atoms with Crippen LogP contribution in [0.4, 0.5) is 0 Å². The molecule has 5 aliphatic rings. The zero-order valence-corrected chi connectivity index (χ0v) is 25.9. The number of hydrogen-bond acceptors (Lipinski definition) is 6. The maximum absolute atomic E-state index is 14.5. The number of piperidine rings is 1. The van der Waals surface area contributed by atoms with Gasteiger partial charge < -0.3 is 25.2 Å². The highest BCUT2D eigenvalue weighted by molar-refractivity contribution is 5.93. The number of ether oxygens (including phenoxy) is 1. The van der Waals surface area contributed by atoms with Crippen LogP contribution in [0.25, 0.3) is 0 Å². The van der Waals surface area contributed by atoms with E-state index in [1.54, 1.807) is 11.0 Å². The Morgan fingerprint density at radius 1 is 1.00 bits per heavy atom. The smallest absolute Gasteiger partial charge is 0.329 e. The summed E-state index contributed by atoms with van der Waals surface area (Å²) in [6, 6.07) is 2.94. The van der Waals surface area contributed by atoms with Gasteiger partial charge in [0.2, 0.25) is 11.8 Å². The molecule has 7 atom stereocenters. The van der Waals surface area contributed by atoms with Crippen LogP contribution in [0.1, 0.15) is 98.0 Å².